The van der Waals surface area contributed by atoms with E-state index in [-0.39, 0.29) is 11.8 Å². The van der Waals surface area contributed by atoms with Crippen LogP contribution in [0.25, 0.3) is 0 Å². The second-order valence-electron chi connectivity index (χ2n) is 6.38. The molecule has 2 amide bonds. The second-order valence-corrected chi connectivity index (χ2v) is 6.38. The van der Waals surface area contributed by atoms with Crippen LogP contribution >= 0.6 is 0 Å². The molecule has 0 saturated heterocycles. The second kappa shape index (κ2) is 6.54. The monoisotopic (exact) mass is 280 g/mol. The molecule has 0 bridgehead atoms. The summed E-state index contributed by atoms with van der Waals surface area (Å²) >= 11 is 0. The highest BCUT2D eigenvalue weighted by Gasteiger charge is 2.28. The van der Waals surface area contributed by atoms with Crippen LogP contribution in [0.2, 0.25) is 0 Å². The third kappa shape index (κ3) is 5.03. The van der Waals surface area contributed by atoms with Gasteiger partial charge in [0.05, 0.1) is 11.9 Å². The highest BCUT2D eigenvalue weighted by atomic mass is 16.2. The molecule has 0 aliphatic heterocycles. The Balaban J connectivity index is 2.73. The molecular weight excluding hydrogens is 256 g/mol. The van der Waals surface area contributed by atoms with E-state index in [1.807, 2.05) is 34.6 Å². The van der Waals surface area contributed by atoms with Gasteiger partial charge in [-0.05, 0) is 12.3 Å². The Labute approximate surface area is 119 Å². The van der Waals surface area contributed by atoms with Crippen LogP contribution in [0, 0.1) is 11.3 Å². The zero-order chi connectivity index (χ0) is 15.3. The van der Waals surface area contributed by atoms with E-state index in [9.17, 15) is 9.59 Å². The van der Waals surface area contributed by atoms with Gasteiger partial charge in [0.25, 0.3) is 0 Å². The molecule has 6 heteroatoms. The molecule has 1 heterocycles. The van der Waals surface area contributed by atoms with Gasteiger partial charge in [0.15, 0.2) is 0 Å². The molecule has 1 aromatic rings. The van der Waals surface area contributed by atoms with Crippen LogP contribution in [0.3, 0.4) is 0 Å². The highest BCUT2D eigenvalue weighted by Crippen LogP contribution is 2.15. The van der Waals surface area contributed by atoms with Gasteiger partial charge < -0.3 is 10.6 Å². The Hall–Kier alpha value is -1.85. The summed E-state index contributed by atoms with van der Waals surface area (Å²) in [5, 5.41) is 12.0. The number of anilines is 1. The minimum Gasteiger partial charge on any atom is -0.344 e. The first-order valence-electron chi connectivity index (χ1n) is 6.80. The van der Waals surface area contributed by atoms with Crippen LogP contribution in [0.1, 0.15) is 41.0 Å². The molecule has 0 saturated carbocycles. The number of hydrogen-bond donors (Lipinski definition) is 3. The summed E-state index contributed by atoms with van der Waals surface area (Å²) in [5.74, 6) is -0.0569. The van der Waals surface area contributed by atoms with E-state index in [1.165, 1.54) is 6.20 Å². The van der Waals surface area contributed by atoms with Crippen molar-refractivity contribution < 1.29 is 9.59 Å². The molecule has 0 aliphatic rings. The molecule has 0 aliphatic carbocycles. The molecule has 3 N–H and O–H groups in total. The Morgan fingerprint density at radius 3 is 2.45 bits per heavy atom. The van der Waals surface area contributed by atoms with E-state index < -0.39 is 11.5 Å². The van der Waals surface area contributed by atoms with Gasteiger partial charge in [0.1, 0.15) is 6.04 Å². The van der Waals surface area contributed by atoms with Crippen molar-refractivity contribution in [2.75, 3.05) is 5.32 Å². The number of hydrogen-bond acceptors (Lipinski definition) is 3. The summed E-state index contributed by atoms with van der Waals surface area (Å²) in [6.07, 6.45) is 3.71. The highest BCUT2D eigenvalue weighted by molar-refractivity contribution is 5.97. The van der Waals surface area contributed by atoms with Gasteiger partial charge in [-0.1, -0.05) is 34.6 Å². The zero-order valence-electron chi connectivity index (χ0n) is 12.8. The van der Waals surface area contributed by atoms with Crippen molar-refractivity contribution in [2.45, 2.75) is 47.1 Å². The van der Waals surface area contributed by atoms with Crippen LogP contribution in [-0.4, -0.2) is 28.1 Å². The van der Waals surface area contributed by atoms with Crippen molar-refractivity contribution in [3.63, 3.8) is 0 Å². The largest absolute Gasteiger partial charge is 0.344 e. The van der Waals surface area contributed by atoms with E-state index in [0.717, 1.165) is 0 Å². The molecule has 0 radical (unpaired) electrons. The van der Waals surface area contributed by atoms with Crippen LogP contribution in [0.5, 0.6) is 0 Å². The van der Waals surface area contributed by atoms with E-state index in [0.29, 0.717) is 18.0 Å². The Morgan fingerprint density at radius 1 is 1.35 bits per heavy atom. The van der Waals surface area contributed by atoms with Crippen LogP contribution in [0.4, 0.5) is 5.69 Å². The first kappa shape index (κ1) is 16.2. The number of rotatable bonds is 5. The van der Waals surface area contributed by atoms with Crippen LogP contribution in [0.15, 0.2) is 12.4 Å². The minimum atomic E-state index is -0.545. The SMILES string of the molecule is CC(C)C[C@H](NC(=O)C(C)(C)C)C(=O)Nc1cn[nH]c1. The topological polar surface area (TPSA) is 86.9 Å². The number of aromatic nitrogens is 2. The Kier molecular flexibility index (Phi) is 5.30. The molecule has 6 nitrogen and oxygen atoms in total. The molecule has 0 unspecified atom stereocenters. The molecule has 1 aromatic heterocycles. The van der Waals surface area contributed by atoms with E-state index in [1.54, 1.807) is 6.20 Å². The lowest BCUT2D eigenvalue weighted by molar-refractivity contribution is -0.132. The minimum absolute atomic E-state index is 0.134. The van der Waals surface area contributed by atoms with Crippen molar-refractivity contribution >= 4 is 17.5 Å². The maximum atomic E-state index is 12.2. The number of carbonyl (C=O) groups is 2. The Bertz CT molecular complexity index is 446. The summed E-state index contributed by atoms with van der Waals surface area (Å²) < 4.78 is 0. The summed E-state index contributed by atoms with van der Waals surface area (Å²) in [6.45, 7) is 9.50. The van der Waals surface area contributed by atoms with E-state index >= 15 is 0 Å². The molecule has 0 aromatic carbocycles. The third-order valence-corrected chi connectivity index (χ3v) is 2.78. The van der Waals surface area contributed by atoms with Gasteiger partial charge in [-0.25, -0.2) is 0 Å². The predicted octanol–water partition coefficient (Wildman–Crippen LogP) is 1.93. The van der Waals surface area contributed by atoms with Gasteiger partial charge in [-0.15, -0.1) is 0 Å². The summed E-state index contributed by atoms with van der Waals surface area (Å²) in [7, 11) is 0. The average Bonchev–Trinajstić information content (AvgIpc) is 2.78. The fourth-order valence-corrected chi connectivity index (χ4v) is 1.63. The van der Waals surface area contributed by atoms with Crippen LogP contribution < -0.4 is 10.6 Å². The number of carbonyl (C=O) groups excluding carboxylic acids is 2. The lowest BCUT2D eigenvalue weighted by Crippen LogP contribution is -2.48. The molecular formula is C14H24N4O2. The van der Waals surface area contributed by atoms with E-state index in [2.05, 4.69) is 20.8 Å². The molecule has 0 fully saturated rings. The van der Waals surface area contributed by atoms with Crippen molar-refractivity contribution in [3.8, 4) is 0 Å². The normalized spacial score (nSPS) is 13.1. The first-order chi connectivity index (χ1) is 9.20. The Morgan fingerprint density at radius 2 is 2.00 bits per heavy atom. The summed E-state index contributed by atoms with van der Waals surface area (Å²) in [5.41, 5.74) is 0.0688. The number of aromatic amines is 1. The summed E-state index contributed by atoms with van der Waals surface area (Å²) in [6, 6.07) is -0.545. The fourth-order valence-electron chi connectivity index (χ4n) is 1.63. The van der Waals surface area contributed by atoms with Gasteiger partial charge >= 0.3 is 0 Å². The quantitative estimate of drug-likeness (QED) is 0.770. The van der Waals surface area contributed by atoms with Gasteiger partial charge in [-0.3, -0.25) is 14.7 Å². The number of nitrogens with one attached hydrogen (secondary N) is 3. The molecule has 112 valence electrons. The lowest BCUT2D eigenvalue weighted by atomic mass is 9.94. The lowest BCUT2D eigenvalue weighted by Gasteiger charge is -2.24. The molecule has 1 rings (SSSR count). The number of amides is 2. The maximum Gasteiger partial charge on any atom is 0.247 e. The van der Waals surface area contributed by atoms with Crippen molar-refractivity contribution in [1.82, 2.24) is 15.5 Å². The van der Waals surface area contributed by atoms with Crippen molar-refractivity contribution in [3.05, 3.63) is 12.4 Å². The van der Waals surface area contributed by atoms with Gasteiger partial charge in [0, 0.05) is 11.6 Å². The van der Waals surface area contributed by atoms with E-state index in [4.69, 9.17) is 0 Å². The van der Waals surface area contributed by atoms with Crippen LogP contribution in [-0.2, 0) is 9.59 Å². The van der Waals surface area contributed by atoms with Crippen molar-refractivity contribution in [2.24, 2.45) is 11.3 Å². The molecule has 20 heavy (non-hydrogen) atoms. The third-order valence-electron chi connectivity index (χ3n) is 2.78. The van der Waals surface area contributed by atoms with Gasteiger partial charge in [0.2, 0.25) is 11.8 Å². The number of nitrogens with zero attached hydrogens (tertiary/aromatic N) is 1. The standard InChI is InChI=1S/C14H24N4O2/c1-9(2)6-11(18-13(20)14(3,4)5)12(19)17-10-7-15-16-8-10/h7-9,11H,6H2,1-5H3,(H,15,16)(H,17,19)(H,18,20)/t11-/m0/s1. The molecule has 1 atom stereocenters. The zero-order valence-corrected chi connectivity index (χ0v) is 12.8. The first-order valence-corrected chi connectivity index (χ1v) is 6.80. The average molecular weight is 280 g/mol. The van der Waals surface area contributed by atoms with Crippen molar-refractivity contribution in [1.29, 1.82) is 0 Å². The maximum absolute atomic E-state index is 12.2. The predicted molar refractivity (Wildman–Crippen MR) is 78.1 cm³/mol. The fraction of sp³-hybridized carbons (Fsp3) is 0.643. The smallest absolute Gasteiger partial charge is 0.247 e. The summed E-state index contributed by atoms with van der Waals surface area (Å²) in [4.78, 5) is 24.3. The molecule has 0 spiro atoms. The number of H-pyrrole nitrogens is 1. The van der Waals surface area contributed by atoms with Gasteiger partial charge in [-0.2, -0.15) is 5.10 Å².